The van der Waals surface area contributed by atoms with Crippen molar-refractivity contribution in [2.75, 3.05) is 13.2 Å². The van der Waals surface area contributed by atoms with Crippen LogP contribution in [0, 0.1) is 0 Å². The number of hydrogen-bond acceptors (Lipinski definition) is 2. The first-order chi connectivity index (χ1) is 7.19. The molecule has 15 heavy (non-hydrogen) atoms. The lowest BCUT2D eigenvalue weighted by Gasteiger charge is -2.17. The molecule has 2 N–H and O–H groups in total. The quantitative estimate of drug-likeness (QED) is 0.839. The molecule has 1 atom stereocenters. The molecule has 0 spiro atoms. The van der Waals surface area contributed by atoms with Crippen LogP contribution in [0.3, 0.4) is 0 Å². The van der Waals surface area contributed by atoms with E-state index in [4.69, 9.17) is 23.2 Å². The molecule has 0 amide bonds. The molecule has 0 saturated heterocycles. The Hall–Kier alpha value is -0.280. The summed E-state index contributed by atoms with van der Waals surface area (Å²) in [6.07, 6.45) is 1.01. The number of benzene rings is 1. The van der Waals surface area contributed by atoms with Gasteiger partial charge in [-0.3, -0.25) is 0 Å². The minimum Gasteiger partial charge on any atom is -0.394 e. The minimum absolute atomic E-state index is 0.0140. The Kier molecular flexibility index (Phi) is 5.40. The summed E-state index contributed by atoms with van der Waals surface area (Å²) in [6.45, 7) is 2.93. The van der Waals surface area contributed by atoms with E-state index < -0.39 is 0 Å². The molecule has 1 unspecified atom stereocenters. The van der Waals surface area contributed by atoms with Crippen LogP contribution in [0.5, 0.6) is 0 Å². The van der Waals surface area contributed by atoms with Crippen LogP contribution in [0.25, 0.3) is 0 Å². The molecule has 0 aromatic heterocycles. The predicted molar refractivity (Wildman–Crippen MR) is 64.6 cm³/mol. The molecule has 1 aromatic carbocycles. The van der Waals surface area contributed by atoms with Gasteiger partial charge in [0.25, 0.3) is 0 Å². The summed E-state index contributed by atoms with van der Waals surface area (Å²) in [7, 11) is 0. The van der Waals surface area contributed by atoms with Gasteiger partial charge in [0.2, 0.25) is 0 Å². The van der Waals surface area contributed by atoms with Gasteiger partial charge in [-0.05, 0) is 36.7 Å². The molecule has 1 rings (SSSR count). The molecule has 1 aromatic rings. The summed E-state index contributed by atoms with van der Waals surface area (Å²) in [5, 5.41) is 13.7. The van der Waals surface area contributed by atoms with Crippen molar-refractivity contribution in [2.45, 2.75) is 19.4 Å². The minimum atomic E-state index is -0.142. The topological polar surface area (TPSA) is 32.3 Å². The van der Waals surface area contributed by atoms with Gasteiger partial charge < -0.3 is 10.4 Å². The van der Waals surface area contributed by atoms with Gasteiger partial charge in [-0.25, -0.2) is 0 Å². The summed E-state index contributed by atoms with van der Waals surface area (Å²) in [6, 6.07) is 5.13. The van der Waals surface area contributed by atoms with E-state index in [2.05, 4.69) is 12.2 Å². The van der Waals surface area contributed by atoms with Crippen molar-refractivity contribution in [3.05, 3.63) is 33.8 Å². The average molecular weight is 248 g/mol. The highest BCUT2D eigenvalue weighted by molar-refractivity contribution is 6.33. The maximum absolute atomic E-state index is 9.26. The van der Waals surface area contributed by atoms with Gasteiger partial charge in [-0.2, -0.15) is 0 Å². The largest absolute Gasteiger partial charge is 0.394 e. The van der Waals surface area contributed by atoms with E-state index in [1.807, 2.05) is 0 Å². The molecule has 84 valence electrons. The van der Waals surface area contributed by atoms with E-state index in [1.165, 1.54) is 0 Å². The van der Waals surface area contributed by atoms with Crippen molar-refractivity contribution in [3.63, 3.8) is 0 Å². The molecule has 4 heteroatoms. The normalized spacial score (nSPS) is 12.8. The maximum atomic E-state index is 9.26. The fraction of sp³-hybridized carbons (Fsp3) is 0.455. The second-order valence-electron chi connectivity index (χ2n) is 3.36. The lowest BCUT2D eigenvalue weighted by molar-refractivity contribution is 0.245. The highest BCUT2D eigenvalue weighted by atomic mass is 35.5. The van der Waals surface area contributed by atoms with Gasteiger partial charge in [-0.1, -0.05) is 30.1 Å². The first kappa shape index (κ1) is 12.8. The highest BCUT2D eigenvalue weighted by Crippen LogP contribution is 2.26. The maximum Gasteiger partial charge on any atom is 0.0627 e. The Bertz CT molecular complexity index is 317. The molecule has 0 bridgehead atoms. The van der Waals surface area contributed by atoms with Crippen molar-refractivity contribution in [1.82, 2.24) is 5.32 Å². The number of aliphatic hydroxyl groups is 1. The molecule has 2 nitrogen and oxygen atoms in total. The van der Waals surface area contributed by atoms with E-state index >= 15 is 0 Å². The zero-order chi connectivity index (χ0) is 11.3. The van der Waals surface area contributed by atoms with Crippen LogP contribution in [0.2, 0.25) is 10.0 Å². The van der Waals surface area contributed by atoms with Gasteiger partial charge in [0.05, 0.1) is 12.6 Å². The smallest absolute Gasteiger partial charge is 0.0627 e. The van der Waals surface area contributed by atoms with E-state index in [1.54, 1.807) is 18.2 Å². The van der Waals surface area contributed by atoms with Crippen LogP contribution in [-0.2, 0) is 0 Å². The summed E-state index contributed by atoms with van der Waals surface area (Å²) < 4.78 is 0. The fourth-order valence-electron chi connectivity index (χ4n) is 1.37. The number of aliphatic hydroxyl groups excluding tert-OH is 1. The first-order valence-electron chi connectivity index (χ1n) is 4.98. The van der Waals surface area contributed by atoms with E-state index in [9.17, 15) is 5.11 Å². The molecule has 0 aliphatic rings. The summed E-state index contributed by atoms with van der Waals surface area (Å²) in [5.41, 5.74) is 0.847. The molecule has 0 radical (unpaired) electrons. The second-order valence-corrected chi connectivity index (χ2v) is 4.20. The third-order valence-corrected chi connectivity index (χ3v) is 2.74. The number of hydrogen-bond donors (Lipinski definition) is 2. The highest BCUT2D eigenvalue weighted by Gasteiger charge is 2.13. The Balaban J connectivity index is 2.85. The van der Waals surface area contributed by atoms with Crippen LogP contribution in [0.4, 0.5) is 0 Å². The summed E-state index contributed by atoms with van der Waals surface area (Å²) in [5.74, 6) is 0. The monoisotopic (exact) mass is 247 g/mol. The lowest BCUT2D eigenvalue weighted by Crippen LogP contribution is -2.25. The lowest BCUT2D eigenvalue weighted by atomic mass is 10.1. The Morgan fingerprint density at radius 2 is 2.13 bits per heavy atom. The number of rotatable bonds is 5. The molecule has 0 aliphatic heterocycles. The van der Waals surface area contributed by atoms with Crippen molar-refractivity contribution in [3.8, 4) is 0 Å². The molecule has 0 heterocycles. The van der Waals surface area contributed by atoms with E-state index in [-0.39, 0.29) is 12.6 Å². The third-order valence-electron chi connectivity index (χ3n) is 2.16. The molecule has 0 saturated carbocycles. The molecular formula is C11H15Cl2NO. The summed E-state index contributed by atoms with van der Waals surface area (Å²) >= 11 is 11.9. The van der Waals surface area contributed by atoms with Gasteiger partial charge in [0.1, 0.15) is 0 Å². The van der Waals surface area contributed by atoms with Crippen LogP contribution in [-0.4, -0.2) is 18.3 Å². The second kappa shape index (κ2) is 6.33. The van der Waals surface area contributed by atoms with E-state index in [0.29, 0.717) is 10.0 Å². The van der Waals surface area contributed by atoms with Gasteiger partial charge in [0.15, 0.2) is 0 Å². The summed E-state index contributed by atoms with van der Waals surface area (Å²) in [4.78, 5) is 0. The SMILES string of the molecule is CCCNC(CO)c1cc(Cl)ccc1Cl. The van der Waals surface area contributed by atoms with Crippen molar-refractivity contribution >= 4 is 23.2 Å². The van der Waals surface area contributed by atoms with Crippen LogP contribution >= 0.6 is 23.2 Å². The molecular weight excluding hydrogens is 233 g/mol. The van der Waals surface area contributed by atoms with E-state index in [0.717, 1.165) is 18.5 Å². The van der Waals surface area contributed by atoms with Gasteiger partial charge in [0, 0.05) is 10.0 Å². The molecule has 0 aliphatic carbocycles. The van der Waals surface area contributed by atoms with Gasteiger partial charge >= 0.3 is 0 Å². The van der Waals surface area contributed by atoms with Crippen molar-refractivity contribution < 1.29 is 5.11 Å². The third kappa shape index (κ3) is 3.65. The van der Waals surface area contributed by atoms with Crippen molar-refractivity contribution in [2.24, 2.45) is 0 Å². The van der Waals surface area contributed by atoms with Crippen LogP contribution < -0.4 is 5.32 Å². The zero-order valence-corrected chi connectivity index (χ0v) is 10.1. The van der Waals surface area contributed by atoms with Crippen LogP contribution in [0.1, 0.15) is 24.9 Å². The standard InChI is InChI=1S/C11H15Cl2NO/c1-2-5-14-11(7-15)9-6-8(12)3-4-10(9)13/h3-4,6,11,14-15H,2,5,7H2,1H3. The Labute approximate surface area is 100 Å². The first-order valence-corrected chi connectivity index (χ1v) is 5.73. The van der Waals surface area contributed by atoms with Crippen molar-refractivity contribution in [1.29, 1.82) is 0 Å². The predicted octanol–water partition coefficient (Wildman–Crippen LogP) is 3.03. The van der Waals surface area contributed by atoms with Gasteiger partial charge in [-0.15, -0.1) is 0 Å². The molecule has 0 fully saturated rings. The zero-order valence-electron chi connectivity index (χ0n) is 8.63. The Morgan fingerprint density at radius 1 is 1.40 bits per heavy atom. The fourth-order valence-corrected chi connectivity index (χ4v) is 1.80. The number of nitrogens with one attached hydrogen (secondary N) is 1. The Morgan fingerprint density at radius 3 is 2.73 bits per heavy atom. The number of halogens is 2. The average Bonchev–Trinajstić information content (AvgIpc) is 2.24. The van der Waals surface area contributed by atoms with Crippen LogP contribution in [0.15, 0.2) is 18.2 Å².